The van der Waals surface area contributed by atoms with Crippen molar-refractivity contribution in [2.24, 2.45) is 94.7 Å². The summed E-state index contributed by atoms with van der Waals surface area (Å²) in [5, 5.41) is 48.9. The van der Waals surface area contributed by atoms with Crippen LogP contribution in [0.4, 0.5) is 5.82 Å². The Hall–Kier alpha value is -7.93. The minimum absolute atomic E-state index is 0. The number of nitrogens with one attached hydrogen (secondary N) is 1. The Morgan fingerprint density at radius 3 is 1.97 bits per heavy atom. The smallest absolute Gasteiger partial charge is 0.268 e. The molecule has 105 heavy (non-hydrogen) atoms. The first-order valence-corrected chi connectivity index (χ1v) is 35.8. The number of phosphoric acid groups is 1. The van der Waals surface area contributed by atoms with Crippen LogP contribution in [0.2, 0.25) is 0 Å². The van der Waals surface area contributed by atoms with Crippen LogP contribution in [-0.4, -0.2) is 172 Å². The standard InChI is InChI=1S/C59H86N11O15P.C10H12N5O3.Co/c1-29(84-86(80,81)85-50-38(28-71)83-54(49(50)79)82-32-13-11-10-12-14-32)27-66-46(78)21-22-56(6)36(23-43(63)75)53-59(9)58(8,26-45(65)77)35(17-20-42(62)74)48(70-59)31(3)52-57(7,25-44(64)76)33(15-18-40(60)72)37(67-52)24-39-55(4,5)34(16-19-41(61)73)47(68-39)30(2)51(56)69-53;1-4-6(16)7(17)10(18-4)15-3-14-5-8(11)12-2-13-9(5)15;/h10-14,24,29,33-36,38,49-50,53-54,71,79H,15-23,25-28H2,1-9H3,(H15,60,61,62,63,64,65,66,67,68,69,70,72,73,74,75,76,77,78,80,81);2-4,6-7,10,16-17H,1H2,(H2,11,12,13);/q;-1;/p-2/t29-,33-,34-,35-,36+,38-,49-,50-,53-,54+,56-,57+,58+,59+;4-,6-,7-,10-;/m11./s1. The summed E-state index contributed by atoms with van der Waals surface area (Å²) in [6.07, 6.45) is -7.45. The molecule has 2 aromatic heterocycles. The van der Waals surface area contributed by atoms with Crippen molar-refractivity contribution in [1.82, 2.24) is 24.8 Å². The summed E-state index contributed by atoms with van der Waals surface area (Å²) >= 11 is 0. The molecule has 0 aliphatic carbocycles. The number of phosphoric ester groups is 1. The molecule has 1 aromatic carbocycles. The van der Waals surface area contributed by atoms with Gasteiger partial charge >= 0.3 is 0 Å². The molecule has 8 bridgehead atoms. The first-order chi connectivity index (χ1) is 48.6. The van der Waals surface area contributed by atoms with Gasteiger partial charge in [-0.25, -0.2) is 15.0 Å². The van der Waals surface area contributed by atoms with E-state index in [1.54, 1.807) is 44.2 Å². The summed E-state index contributed by atoms with van der Waals surface area (Å²) in [6, 6.07) is 7.21. The summed E-state index contributed by atoms with van der Waals surface area (Å²) in [5.74, 6) is -6.86. The molecule has 3 saturated heterocycles. The van der Waals surface area contributed by atoms with Gasteiger partial charge in [0.15, 0.2) is 17.7 Å². The van der Waals surface area contributed by atoms with Crippen molar-refractivity contribution >= 4 is 83.3 Å². The number of para-hydroxylation sites is 1. The van der Waals surface area contributed by atoms with E-state index in [1.165, 1.54) is 24.1 Å². The van der Waals surface area contributed by atoms with Gasteiger partial charge in [0.2, 0.25) is 47.6 Å². The number of hydrogen-bond donors (Lipinski definition) is 12. The number of rotatable bonds is 28. The molecule has 10 rings (SSSR count). The number of anilines is 1. The van der Waals surface area contributed by atoms with Gasteiger partial charge in [0.25, 0.3) is 7.82 Å². The van der Waals surface area contributed by atoms with E-state index in [0.717, 1.165) is 0 Å². The Labute approximate surface area is 617 Å². The number of fused-ring (bicyclic) bond motifs is 7. The van der Waals surface area contributed by atoms with Crippen molar-refractivity contribution in [3.05, 3.63) is 89.5 Å². The van der Waals surface area contributed by atoms with E-state index in [0.29, 0.717) is 62.3 Å². The molecule has 1 unspecified atom stereocenters. The number of amides is 7. The number of aliphatic hydroxyl groups is 4. The number of aliphatic imine (C=N–C) groups is 3. The molecule has 577 valence electrons. The number of nitrogens with zero attached hydrogens (tertiary/aromatic N) is 8. The first-order valence-electron chi connectivity index (χ1n) is 34.3. The van der Waals surface area contributed by atoms with Crippen molar-refractivity contribution in [1.29, 1.82) is 0 Å². The summed E-state index contributed by atoms with van der Waals surface area (Å²) in [7, 11) is -5.29. The van der Waals surface area contributed by atoms with Gasteiger partial charge in [0.1, 0.15) is 42.0 Å². The molecule has 19 N–H and O–H groups in total. The number of aliphatic hydroxyl groups excluding tert-OH is 4. The van der Waals surface area contributed by atoms with Gasteiger partial charge in [0, 0.05) is 125 Å². The van der Waals surface area contributed by atoms with Gasteiger partial charge in [-0.3, -0.25) is 57.7 Å². The van der Waals surface area contributed by atoms with Gasteiger partial charge in [0.05, 0.1) is 36.4 Å². The predicted molar refractivity (Wildman–Crippen MR) is 375 cm³/mol. The SMILES string of the molecule is C/C1=C2/[N-][C@H]([C@H](CC(N)=O)[C@@]2(C)CCC(=O)NC[C@@H](C)OP(=O)([O-])O[C@H]2[C@@H](O)[C@@H](Oc3ccccc3)O[C@@H]2CO)[C@]2(C)N=C(/C(C)=C3N=C(/C=C4N=C1[C@@H](CCC(N)=O)C\4(C)C)[C@@H](CCC(N)=O)[C@]\3(C)CC(N)=O)[C@@H](CCC(N)=O)[C@]2(C)CC(N)=O.[CH2-][C@H]1O[C@@H](n2cnc3c(N)ncnc32)[C@H](O)[C@@H]1O.[Co]. The number of allylic oxidation sites excluding steroid dienone is 6. The predicted octanol–water partition coefficient (Wildman–Crippen LogP) is 1.41. The second kappa shape index (κ2) is 32.3. The van der Waals surface area contributed by atoms with Gasteiger partial charge in [-0.15, -0.1) is 0 Å². The average Bonchev–Trinajstić information content (AvgIpc) is 1.53. The third kappa shape index (κ3) is 16.8. The summed E-state index contributed by atoms with van der Waals surface area (Å²) in [5.41, 5.74) is 40.0. The molecule has 1 radical (unpaired) electrons. The molecule has 7 amide bonds. The molecule has 9 heterocycles. The van der Waals surface area contributed by atoms with Gasteiger partial charge in [-0.05, 0) is 100 Å². The third-order valence-electron chi connectivity index (χ3n) is 22.0. The Kier molecular flexibility index (Phi) is 25.4. The van der Waals surface area contributed by atoms with E-state index >= 15 is 0 Å². The van der Waals surface area contributed by atoms with Crippen LogP contribution in [0.5, 0.6) is 5.75 Å². The molecule has 7 aliphatic heterocycles. The molecule has 34 nitrogen and oxygen atoms in total. The molecule has 3 aromatic rings. The Morgan fingerprint density at radius 2 is 1.39 bits per heavy atom. The van der Waals surface area contributed by atoms with Crippen LogP contribution >= 0.6 is 7.82 Å². The van der Waals surface area contributed by atoms with E-state index in [1.807, 2.05) is 47.6 Å². The number of carbonyl (C=O) groups is 7. The molecule has 19 atom stereocenters. The quantitative estimate of drug-likeness (QED) is 0.0361. The fourth-order valence-corrected chi connectivity index (χ4v) is 17.5. The molecule has 7 aliphatic rings. The van der Waals surface area contributed by atoms with E-state index in [4.69, 9.17) is 83.7 Å². The van der Waals surface area contributed by atoms with E-state index < -0.39 is 168 Å². The summed E-state index contributed by atoms with van der Waals surface area (Å²) < 4.78 is 42.0. The summed E-state index contributed by atoms with van der Waals surface area (Å²) in [6.45, 7) is 18.7. The maximum absolute atomic E-state index is 14.2. The number of primary amides is 6. The number of nitrogen functional groups attached to an aromatic ring is 1. The van der Waals surface area contributed by atoms with Gasteiger partial charge in [-0.1, -0.05) is 58.9 Å². The van der Waals surface area contributed by atoms with Crippen LogP contribution in [0, 0.1) is 52.3 Å². The fourth-order valence-electron chi connectivity index (χ4n) is 16.3. The maximum Gasteiger partial charge on any atom is 0.268 e. The van der Waals surface area contributed by atoms with E-state index in [2.05, 4.69) is 27.2 Å². The Bertz CT molecular complexity index is 4100. The van der Waals surface area contributed by atoms with Crippen molar-refractivity contribution in [2.75, 3.05) is 18.9 Å². The molecule has 0 spiro atoms. The van der Waals surface area contributed by atoms with Gasteiger partial charge in [-0.2, -0.15) is 5.70 Å². The number of nitrogens with two attached hydrogens (primary N) is 7. The molecular formula is C69H96CoN16O18P-3. The Morgan fingerprint density at radius 1 is 0.771 bits per heavy atom. The molecular weight excluding hydrogens is 1430 g/mol. The number of benzene rings is 1. The van der Waals surface area contributed by atoms with Crippen LogP contribution in [0.25, 0.3) is 16.5 Å². The van der Waals surface area contributed by atoms with Crippen LogP contribution in [-0.2, 0) is 73.4 Å². The molecule has 36 heteroatoms. The monoisotopic (exact) mass is 1530 g/mol. The van der Waals surface area contributed by atoms with E-state index in [-0.39, 0.29) is 99.8 Å². The van der Waals surface area contributed by atoms with Crippen LogP contribution < -0.4 is 55.1 Å². The van der Waals surface area contributed by atoms with E-state index in [9.17, 15) is 63.4 Å². The number of carbonyl (C=O) groups excluding carboxylic acids is 7. The second-order valence-electron chi connectivity index (χ2n) is 29.5. The normalized spacial score (nSPS) is 34.3. The van der Waals surface area contributed by atoms with Crippen LogP contribution in [0.3, 0.4) is 0 Å². The van der Waals surface area contributed by atoms with Crippen LogP contribution in [0.15, 0.2) is 92.3 Å². The zero-order valence-electron chi connectivity index (χ0n) is 60.0. The second-order valence-corrected chi connectivity index (χ2v) is 30.8. The number of ether oxygens (including phenoxy) is 3. The topological polar surface area (TPSA) is 576 Å². The molecule has 3 fully saturated rings. The summed E-state index contributed by atoms with van der Waals surface area (Å²) in [4.78, 5) is 135. The van der Waals surface area contributed by atoms with Crippen molar-refractivity contribution < 1.29 is 103 Å². The number of imidazole rings is 1. The minimum atomic E-state index is -5.29. The minimum Gasteiger partial charge on any atom is -0.756 e. The third-order valence-corrected chi connectivity index (χ3v) is 23.1. The number of aromatic nitrogens is 4. The van der Waals surface area contributed by atoms with Crippen molar-refractivity contribution in [2.45, 2.75) is 200 Å². The average molecular weight is 1530 g/mol. The number of hydrogen-bond acceptors (Lipinski definition) is 25. The van der Waals surface area contributed by atoms with Crippen molar-refractivity contribution in [3.63, 3.8) is 0 Å². The zero-order valence-corrected chi connectivity index (χ0v) is 61.9. The zero-order chi connectivity index (χ0) is 76.7. The van der Waals surface area contributed by atoms with Gasteiger partial charge < -0.3 is 106 Å². The Balaban J connectivity index is 0.000000631. The first kappa shape index (κ1) is 82.7. The largest absolute Gasteiger partial charge is 0.756 e. The maximum atomic E-state index is 14.2. The van der Waals surface area contributed by atoms with Crippen LogP contribution in [0.1, 0.15) is 139 Å². The van der Waals surface area contributed by atoms with Crippen molar-refractivity contribution in [3.8, 4) is 5.75 Å². The fraction of sp³-hybridized carbons (Fsp3) is 0.594. The molecule has 0 saturated carbocycles.